The minimum atomic E-state index is -0.0586. The van der Waals surface area contributed by atoms with Crippen LogP contribution in [0.2, 0.25) is 0 Å². The molecule has 2 aromatic carbocycles. The second-order valence-corrected chi connectivity index (χ2v) is 8.63. The molecule has 0 aliphatic heterocycles. The summed E-state index contributed by atoms with van der Waals surface area (Å²) in [6.45, 7) is 12.3. The lowest BCUT2D eigenvalue weighted by Crippen LogP contribution is -2.30. The maximum absolute atomic E-state index is 12.5. The van der Waals surface area contributed by atoms with Gasteiger partial charge in [-0.3, -0.25) is 4.79 Å². The van der Waals surface area contributed by atoms with Crippen LogP contribution in [0.3, 0.4) is 0 Å². The Balaban J connectivity index is 1.62. The second-order valence-electron chi connectivity index (χ2n) is 7.68. The van der Waals surface area contributed by atoms with Gasteiger partial charge in [0.05, 0.1) is 5.75 Å². The first-order valence-corrected chi connectivity index (χ1v) is 11.7. The third kappa shape index (κ3) is 5.67. The van der Waals surface area contributed by atoms with Crippen molar-refractivity contribution in [3.05, 3.63) is 54.1 Å². The molecule has 0 atom stereocenters. The first-order chi connectivity index (χ1) is 14.9. The van der Waals surface area contributed by atoms with Crippen LogP contribution in [0.15, 0.2) is 53.7 Å². The predicted octanol–water partition coefficient (Wildman–Crippen LogP) is 5.24. The molecule has 1 heterocycles. The number of amides is 1. The zero-order valence-electron chi connectivity index (χ0n) is 18.9. The molecule has 1 N–H and O–H groups in total. The highest BCUT2D eigenvalue weighted by Crippen LogP contribution is 2.25. The molecule has 0 saturated carbocycles. The van der Waals surface area contributed by atoms with Crippen molar-refractivity contribution < 1.29 is 4.79 Å². The van der Waals surface area contributed by atoms with Gasteiger partial charge >= 0.3 is 0 Å². The first-order valence-electron chi connectivity index (χ1n) is 10.7. The molecule has 1 amide bonds. The largest absolute Gasteiger partial charge is 0.369 e. The Kier molecular flexibility index (Phi) is 7.74. The Labute approximate surface area is 189 Å². The molecule has 0 fully saturated rings. The molecule has 31 heavy (non-hydrogen) atoms. The Bertz CT molecular complexity index is 1010. The van der Waals surface area contributed by atoms with Crippen LogP contribution in [0.1, 0.15) is 33.3 Å². The van der Waals surface area contributed by atoms with Crippen molar-refractivity contribution in [1.82, 2.24) is 14.8 Å². The summed E-state index contributed by atoms with van der Waals surface area (Å²) in [7, 11) is 0. The number of nitrogens with one attached hydrogen (secondary N) is 1. The van der Waals surface area contributed by atoms with E-state index in [4.69, 9.17) is 0 Å². The van der Waals surface area contributed by atoms with Gasteiger partial charge in [0.2, 0.25) is 5.91 Å². The molecule has 0 spiro atoms. The van der Waals surface area contributed by atoms with Crippen molar-refractivity contribution in [3.63, 3.8) is 0 Å². The van der Waals surface area contributed by atoms with Crippen LogP contribution in [-0.2, 0) is 11.3 Å². The van der Waals surface area contributed by atoms with Crippen molar-refractivity contribution in [2.24, 2.45) is 0 Å². The summed E-state index contributed by atoms with van der Waals surface area (Å²) in [5, 5.41) is 12.4. The first kappa shape index (κ1) is 22.9. The minimum absolute atomic E-state index is 0.0586. The Morgan fingerprint density at radius 3 is 2.48 bits per heavy atom. The van der Waals surface area contributed by atoms with Gasteiger partial charge in [-0.1, -0.05) is 35.5 Å². The summed E-state index contributed by atoms with van der Waals surface area (Å²) in [6.07, 6.45) is 0. The summed E-state index contributed by atoms with van der Waals surface area (Å²) in [5.41, 5.74) is 4.17. The number of hydrogen-bond acceptors (Lipinski definition) is 5. The van der Waals surface area contributed by atoms with E-state index in [-0.39, 0.29) is 11.7 Å². The van der Waals surface area contributed by atoms with Gasteiger partial charge in [0.15, 0.2) is 11.0 Å². The highest BCUT2D eigenvalue weighted by Gasteiger charge is 2.15. The van der Waals surface area contributed by atoms with Gasteiger partial charge in [-0.15, -0.1) is 10.2 Å². The Hall–Kier alpha value is -2.80. The molecule has 6 nitrogen and oxygen atoms in total. The van der Waals surface area contributed by atoms with Crippen molar-refractivity contribution in [2.45, 2.75) is 52.4 Å². The number of aromatic nitrogens is 3. The van der Waals surface area contributed by atoms with Crippen LogP contribution in [-0.4, -0.2) is 39.0 Å². The van der Waals surface area contributed by atoms with Crippen LogP contribution in [0.5, 0.6) is 0 Å². The van der Waals surface area contributed by atoms with Gasteiger partial charge in [-0.25, -0.2) is 0 Å². The van der Waals surface area contributed by atoms with E-state index in [2.05, 4.69) is 67.2 Å². The monoisotopic (exact) mass is 437 g/mol. The summed E-state index contributed by atoms with van der Waals surface area (Å²) in [5.74, 6) is 1.05. The van der Waals surface area contributed by atoms with Gasteiger partial charge in [-0.2, -0.15) is 0 Å². The van der Waals surface area contributed by atoms with Crippen molar-refractivity contribution in [1.29, 1.82) is 0 Å². The van der Waals surface area contributed by atoms with Crippen LogP contribution >= 0.6 is 11.8 Å². The van der Waals surface area contributed by atoms with Crippen molar-refractivity contribution >= 4 is 29.0 Å². The molecule has 0 radical (unpaired) electrons. The van der Waals surface area contributed by atoms with E-state index < -0.39 is 0 Å². The van der Waals surface area contributed by atoms with E-state index in [0.29, 0.717) is 6.04 Å². The normalized spacial score (nSPS) is 11.0. The second kappa shape index (κ2) is 10.5. The van der Waals surface area contributed by atoms with Gasteiger partial charge in [0, 0.05) is 36.1 Å². The maximum atomic E-state index is 12.5. The smallest absolute Gasteiger partial charge is 0.234 e. The third-order valence-corrected chi connectivity index (χ3v) is 6.06. The maximum Gasteiger partial charge on any atom is 0.234 e. The summed E-state index contributed by atoms with van der Waals surface area (Å²) in [6, 6.07) is 16.6. The molecule has 0 aliphatic rings. The van der Waals surface area contributed by atoms with Crippen LogP contribution in [0.4, 0.5) is 11.4 Å². The van der Waals surface area contributed by atoms with Crippen molar-refractivity contribution in [3.8, 4) is 11.4 Å². The molecular weight excluding hydrogens is 406 g/mol. The number of anilines is 2. The lowest BCUT2D eigenvalue weighted by Gasteiger charge is -2.27. The number of hydrogen-bond donors (Lipinski definition) is 1. The summed E-state index contributed by atoms with van der Waals surface area (Å²) in [4.78, 5) is 14.8. The molecule has 1 aromatic heterocycles. The molecule has 3 aromatic rings. The molecule has 0 bridgehead atoms. The number of aryl methyl sites for hydroxylation is 1. The van der Waals surface area contributed by atoms with Crippen LogP contribution in [0, 0.1) is 6.92 Å². The van der Waals surface area contributed by atoms with Gasteiger partial charge < -0.3 is 14.8 Å². The van der Waals surface area contributed by atoms with Gasteiger partial charge in [-0.05, 0) is 65.0 Å². The number of carbonyl (C=O) groups is 1. The quantitative estimate of drug-likeness (QED) is 0.464. The molecule has 0 saturated heterocycles. The van der Waals surface area contributed by atoms with Crippen LogP contribution < -0.4 is 10.2 Å². The lowest BCUT2D eigenvalue weighted by molar-refractivity contribution is -0.113. The van der Waals surface area contributed by atoms with E-state index in [9.17, 15) is 4.79 Å². The topological polar surface area (TPSA) is 63.1 Å². The highest BCUT2D eigenvalue weighted by molar-refractivity contribution is 7.99. The van der Waals surface area contributed by atoms with E-state index in [1.807, 2.05) is 41.0 Å². The third-order valence-electron chi connectivity index (χ3n) is 5.09. The SMILES string of the molecule is CCN(c1ccc(NC(=O)CSc2nnc(-c3cccc(C)c3)n2CC)cc1)C(C)C. The fourth-order valence-electron chi connectivity index (χ4n) is 3.59. The molecule has 7 heteroatoms. The molecular formula is C24H31N5OS. The summed E-state index contributed by atoms with van der Waals surface area (Å²) >= 11 is 1.40. The molecule has 3 rings (SSSR count). The highest BCUT2D eigenvalue weighted by atomic mass is 32.2. The number of benzene rings is 2. The Morgan fingerprint density at radius 2 is 1.87 bits per heavy atom. The zero-order valence-corrected chi connectivity index (χ0v) is 19.7. The number of carbonyl (C=O) groups excluding carboxylic acids is 1. The van der Waals surface area contributed by atoms with E-state index in [0.717, 1.165) is 41.0 Å². The van der Waals surface area contributed by atoms with Gasteiger partial charge in [0.1, 0.15) is 0 Å². The number of thioether (sulfide) groups is 1. The average molecular weight is 438 g/mol. The predicted molar refractivity (Wildman–Crippen MR) is 130 cm³/mol. The lowest BCUT2D eigenvalue weighted by atomic mass is 10.1. The fourth-order valence-corrected chi connectivity index (χ4v) is 4.39. The molecule has 0 aliphatic carbocycles. The molecule has 0 unspecified atom stereocenters. The average Bonchev–Trinajstić information content (AvgIpc) is 3.17. The fraction of sp³-hybridized carbons (Fsp3) is 0.375. The van der Waals surface area contributed by atoms with Gasteiger partial charge in [0.25, 0.3) is 0 Å². The Morgan fingerprint density at radius 1 is 1.13 bits per heavy atom. The van der Waals surface area contributed by atoms with Crippen LogP contribution in [0.25, 0.3) is 11.4 Å². The number of rotatable bonds is 9. The zero-order chi connectivity index (χ0) is 22.4. The number of nitrogens with zero attached hydrogens (tertiary/aromatic N) is 4. The standard InChI is InChI=1S/C24H31N5OS/c1-6-28(17(3)4)21-13-11-20(12-14-21)25-22(30)16-31-24-27-26-23(29(24)7-2)19-10-8-9-18(5)15-19/h8-15,17H,6-7,16H2,1-5H3,(H,25,30). The summed E-state index contributed by atoms with van der Waals surface area (Å²) < 4.78 is 2.05. The van der Waals surface area contributed by atoms with E-state index in [1.165, 1.54) is 17.3 Å². The minimum Gasteiger partial charge on any atom is -0.369 e. The van der Waals surface area contributed by atoms with E-state index in [1.54, 1.807) is 0 Å². The van der Waals surface area contributed by atoms with Crippen molar-refractivity contribution in [2.75, 3.05) is 22.5 Å². The van der Waals surface area contributed by atoms with E-state index >= 15 is 0 Å². The molecule has 164 valence electrons.